The van der Waals surface area contributed by atoms with Crippen molar-refractivity contribution in [2.45, 2.75) is 62.8 Å². The highest BCUT2D eigenvalue weighted by atomic mass is 16.5. The molecule has 212 valence electrons. The summed E-state index contributed by atoms with van der Waals surface area (Å²) < 4.78 is 11.8. The van der Waals surface area contributed by atoms with Gasteiger partial charge in [0.2, 0.25) is 11.8 Å². The van der Waals surface area contributed by atoms with Crippen molar-refractivity contribution >= 4 is 18.1 Å². The minimum atomic E-state index is -1.16. The lowest BCUT2D eigenvalue weighted by molar-refractivity contribution is -0.139. The molecule has 1 fully saturated rings. The fraction of sp³-hybridized carbons (Fsp3) is 0.452. The lowest BCUT2D eigenvalue weighted by Crippen LogP contribution is -2.55. The number of nitrogens with zero attached hydrogens (tertiary/aromatic N) is 1. The fourth-order valence-corrected chi connectivity index (χ4v) is 6.28. The summed E-state index contributed by atoms with van der Waals surface area (Å²) in [6.45, 7) is 0.0645. The van der Waals surface area contributed by atoms with Gasteiger partial charge in [0, 0.05) is 36.2 Å². The van der Waals surface area contributed by atoms with Crippen molar-refractivity contribution in [3.8, 4) is 11.5 Å². The SMILES string of the molecule is COc1cc(C=O)cc2c1OC1C2C(C(=O)NCCO)=CC(N(Cc2ccccc2)C(=O)CC2CCCC2)C1O. The summed E-state index contributed by atoms with van der Waals surface area (Å²) in [6.07, 6.45) is 4.90. The Labute approximate surface area is 233 Å². The summed E-state index contributed by atoms with van der Waals surface area (Å²) in [6, 6.07) is 11.9. The topological polar surface area (TPSA) is 125 Å². The van der Waals surface area contributed by atoms with E-state index in [2.05, 4.69) is 5.32 Å². The third kappa shape index (κ3) is 5.48. The summed E-state index contributed by atoms with van der Waals surface area (Å²) in [4.78, 5) is 40.6. The van der Waals surface area contributed by atoms with Gasteiger partial charge in [0.05, 0.1) is 25.7 Å². The molecule has 0 aromatic heterocycles. The molecule has 2 amide bonds. The standard InChI is InChI=1S/C31H36N2O7/c1-39-25-14-21(18-35)13-22-27-23(31(38)32-11-12-34)16-24(28(37)30(27)40-29(22)25)33(17-20-9-3-2-4-10-20)26(36)15-19-7-5-6-8-19/h2-4,9-10,13-14,16,18-19,24,27-28,30,34,37H,5-8,11-12,15,17H2,1H3,(H,32,38). The highest BCUT2D eigenvalue weighted by Gasteiger charge is 2.51. The first kappa shape index (κ1) is 27.9. The molecule has 2 aliphatic carbocycles. The number of ether oxygens (including phenoxy) is 2. The van der Waals surface area contributed by atoms with Crippen LogP contribution in [0.4, 0.5) is 0 Å². The van der Waals surface area contributed by atoms with Crippen molar-refractivity contribution in [3.05, 3.63) is 70.8 Å². The van der Waals surface area contributed by atoms with Crippen LogP contribution in [0.25, 0.3) is 0 Å². The summed E-state index contributed by atoms with van der Waals surface area (Å²) in [5.74, 6) is -0.232. The van der Waals surface area contributed by atoms with Crippen LogP contribution in [0.5, 0.6) is 11.5 Å². The van der Waals surface area contributed by atoms with E-state index in [4.69, 9.17) is 9.47 Å². The van der Waals surface area contributed by atoms with Crippen molar-refractivity contribution in [1.82, 2.24) is 10.2 Å². The van der Waals surface area contributed by atoms with Crippen LogP contribution in [-0.2, 0) is 16.1 Å². The van der Waals surface area contributed by atoms with Crippen LogP contribution < -0.4 is 14.8 Å². The average molecular weight is 549 g/mol. The zero-order valence-corrected chi connectivity index (χ0v) is 22.6. The predicted octanol–water partition coefficient (Wildman–Crippen LogP) is 2.74. The lowest BCUT2D eigenvalue weighted by Gasteiger charge is -2.41. The maximum atomic E-state index is 13.8. The quantitative estimate of drug-likeness (QED) is 0.390. The predicted molar refractivity (Wildman–Crippen MR) is 147 cm³/mol. The van der Waals surface area contributed by atoms with Gasteiger partial charge in [-0.05, 0) is 42.5 Å². The van der Waals surface area contributed by atoms with E-state index in [9.17, 15) is 24.6 Å². The molecule has 1 heterocycles. The number of amides is 2. The third-order valence-corrected chi connectivity index (χ3v) is 8.22. The van der Waals surface area contributed by atoms with E-state index in [-0.39, 0.29) is 25.6 Å². The number of aliphatic hydroxyl groups excluding tert-OH is 2. The van der Waals surface area contributed by atoms with Crippen LogP contribution in [-0.4, -0.2) is 71.7 Å². The number of rotatable bonds is 10. The van der Waals surface area contributed by atoms with Gasteiger partial charge in [-0.25, -0.2) is 0 Å². The second-order valence-electron chi connectivity index (χ2n) is 10.8. The molecule has 1 saturated carbocycles. The molecule has 3 N–H and O–H groups in total. The average Bonchev–Trinajstić information content (AvgIpc) is 3.63. The number of aldehydes is 1. The molecule has 9 heteroatoms. The van der Waals surface area contributed by atoms with E-state index in [1.807, 2.05) is 30.3 Å². The number of carbonyl (C=O) groups excluding carboxylic acids is 3. The first-order valence-electron chi connectivity index (χ1n) is 13.9. The minimum absolute atomic E-state index is 0.0422. The molecule has 9 nitrogen and oxygen atoms in total. The molecule has 2 aromatic rings. The van der Waals surface area contributed by atoms with Crippen molar-refractivity contribution in [2.75, 3.05) is 20.3 Å². The monoisotopic (exact) mass is 548 g/mol. The first-order valence-corrected chi connectivity index (χ1v) is 13.9. The minimum Gasteiger partial charge on any atom is -0.493 e. The zero-order chi connectivity index (χ0) is 28.2. The van der Waals surface area contributed by atoms with E-state index in [0.717, 1.165) is 31.2 Å². The summed E-state index contributed by atoms with van der Waals surface area (Å²) in [5, 5.41) is 23.8. The first-order chi connectivity index (χ1) is 19.4. The van der Waals surface area contributed by atoms with E-state index >= 15 is 0 Å². The Morgan fingerprint density at radius 2 is 1.93 bits per heavy atom. The highest BCUT2D eigenvalue weighted by Crippen LogP contribution is 2.51. The number of carbonyl (C=O) groups is 3. The van der Waals surface area contributed by atoms with Crippen LogP contribution in [0.2, 0.25) is 0 Å². The summed E-state index contributed by atoms with van der Waals surface area (Å²) in [7, 11) is 1.46. The van der Waals surface area contributed by atoms with E-state index < -0.39 is 30.1 Å². The molecule has 4 atom stereocenters. The zero-order valence-electron chi connectivity index (χ0n) is 22.6. The normalized spacial score (nSPS) is 23.4. The third-order valence-electron chi connectivity index (χ3n) is 8.22. The highest BCUT2D eigenvalue weighted by molar-refractivity contribution is 5.96. The maximum absolute atomic E-state index is 13.8. The molecule has 0 spiro atoms. The number of methoxy groups -OCH3 is 1. The van der Waals surface area contributed by atoms with Crippen LogP contribution in [0.15, 0.2) is 54.1 Å². The Hall–Kier alpha value is -3.69. The van der Waals surface area contributed by atoms with E-state index in [1.165, 1.54) is 7.11 Å². The summed E-state index contributed by atoms with van der Waals surface area (Å²) in [5.41, 5.74) is 2.12. The molecule has 3 aliphatic rings. The van der Waals surface area contributed by atoms with Crippen molar-refractivity contribution in [3.63, 3.8) is 0 Å². The second-order valence-corrected chi connectivity index (χ2v) is 10.8. The molecule has 0 saturated heterocycles. The molecule has 4 unspecified atom stereocenters. The largest absolute Gasteiger partial charge is 0.493 e. The Morgan fingerprint density at radius 1 is 1.18 bits per heavy atom. The van der Waals surface area contributed by atoms with Gasteiger partial charge in [-0.3, -0.25) is 14.4 Å². The Morgan fingerprint density at radius 3 is 2.60 bits per heavy atom. The molecular weight excluding hydrogens is 512 g/mol. The van der Waals surface area contributed by atoms with Crippen molar-refractivity contribution in [2.24, 2.45) is 5.92 Å². The number of aliphatic hydroxyl groups is 2. The van der Waals surface area contributed by atoms with Crippen LogP contribution in [0.1, 0.15) is 59.5 Å². The fourth-order valence-electron chi connectivity index (χ4n) is 6.28. The van der Waals surface area contributed by atoms with E-state index in [0.29, 0.717) is 46.8 Å². The van der Waals surface area contributed by atoms with Gasteiger partial charge in [-0.2, -0.15) is 0 Å². The number of nitrogens with one attached hydrogen (secondary N) is 1. The van der Waals surface area contributed by atoms with E-state index in [1.54, 1.807) is 23.1 Å². The number of fused-ring (bicyclic) bond motifs is 3. The number of hydrogen-bond donors (Lipinski definition) is 3. The maximum Gasteiger partial charge on any atom is 0.247 e. The van der Waals surface area contributed by atoms with Gasteiger partial charge in [0.25, 0.3) is 0 Å². The van der Waals surface area contributed by atoms with Crippen molar-refractivity contribution < 1.29 is 34.1 Å². The smallest absolute Gasteiger partial charge is 0.247 e. The second kappa shape index (κ2) is 12.2. The Balaban J connectivity index is 1.57. The van der Waals surface area contributed by atoms with Gasteiger partial charge in [0.15, 0.2) is 11.5 Å². The molecule has 40 heavy (non-hydrogen) atoms. The van der Waals surface area contributed by atoms with Gasteiger partial charge < -0.3 is 29.9 Å². The lowest BCUT2D eigenvalue weighted by atomic mass is 9.77. The van der Waals surface area contributed by atoms with Gasteiger partial charge in [-0.1, -0.05) is 43.2 Å². The van der Waals surface area contributed by atoms with Gasteiger partial charge >= 0.3 is 0 Å². The molecule has 5 rings (SSSR count). The molecule has 1 aliphatic heterocycles. The number of hydrogen-bond acceptors (Lipinski definition) is 7. The molecular formula is C31H36N2O7. The van der Waals surface area contributed by atoms with Crippen LogP contribution >= 0.6 is 0 Å². The van der Waals surface area contributed by atoms with Crippen LogP contribution in [0.3, 0.4) is 0 Å². The number of benzene rings is 2. The van der Waals surface area contributed by atoms with Gasteiger partial charge in [0.1, 0.15) is 18.5 Å². The molecule has 0 bridgehead atoms. The molecule has 2 aromatic carbocycles. The summed E-state index contributed by atoms with van der Waals surface area (Å²) >= 11 is 0. The Kier molecular flexibility index (Phi) is 8.52. The van der Waals surface area contributed by atoms with Crippen LogP contribution in [0, 0.1) is 5.92 Å². The molecule has 0 radical (unpaired) electrons. The van der Waals surface area contributed by atoms with Gasteiger partial charge in [-0.15, -0.1) is 0 Å². The van der Waals surface area contributed by atoms with Crippen molar-refractivity contribution in [1.29, 1.82) is 0 Å². The Bertz CT molecular complexity index is 1270.